The summed E-state index contributed by atoms with van der Waals surface area (Å²) < 4.78 is 0. The summed E-state index contributed by atoms with van der Waals surface area (Å²) in [4.78, 5) is 0. The van der Waals surface area contributed by atoms with Crippen molar-refractivity contribution in [3.8, 4) is 5.75 Å². The lowest BCUT2D eigenvalue weighted by Crippen LogP contribution is -2.51. The van der Waals surface area contributed by atoms with Gasteiger partial charge in [-0.2, -0.15) is 0 Å². The third-order valence-corrected chi connectivity index (χ3v) is 4.41. The Morgan fingerprint density at radius 2 is 1.80 bits per heavy atom. The second-order valence-corrected chi connectivity index (χ2v) is 6.36. The van der Waals surface area contributed by atoms with Gasteiger partial charge < -0.3 is 15.5 Å². The highest BCUT2D eigenvalue weighted by Gasteiger charge is 2.27. The van der Waals surface area contributed by atoms with Crippen molar-refractivity contribution >= 4 is 0 Å². The zero-order chi connectivity index (χ0) is 14.4. The average molecular weight is 277 g/mol. The number of phenols is 1. The molecule has 20 heavy (non-hydrogen) atoms. The van der Waals surface area contributed by atoms with Gasteiger partial charge in [-0.05, 0) is 50.3 Å². The molecule has 0 aliphatic heterocycles. The normalized spacial score (nSPS) is 19.7. The maximum absolute atomic E-state index is 9.74. The van der Waals surface area contributed by atoms with E-state index < -0.39 is 0 Å². The molecule has 0 amide bonds. The van der Waals surface area contributed by atoms with Gasteiger partial charge in [0.2, 0.25) is 0 Å². The molecule has 0 saturated heterocycles. The minimum atomic E-state index is -0.208. The first-order chi connectivity index (χ1) is 9.61. The maximum atomic E-state index is 9.74. The van der Waals surface area contributed by atoms with E-state index in [2.05, 4.69) is 12.2 Å². The molecule has 1 aliphatic carbocycles. The third-order valence-electron chi connectivity index (χ3n) is 4.41. The predicted octanol–water partition coefficient (Wildman–Crippen LogP) is 3.00. The molecular weight excluding hydrogens is 250 g/mol. The third kappa shape index (κ3) is 4.50. The summed E-state index contributed by atoms with van der Waals surface area (Å²) in [6.07, 6.45) is 8.24. The Morgan fingerprint density at radius 3 is 2.40 bits per heavy atom. The number of nitrogens with one attached hydrogen (secondary N) is 1. The van der Waals surface area contributed by atoms with Crippen LogP contribution in [0, 0.1) is 0 Å². The molecule has 1 unspecified atom stereocenters. The average Bonchev–Trinajstić information content (AvgIpc) is 2.48. The van der Waals surface area contributed by atoms with E-state index in [1.165, 1.54) is 37.7 Å². The standard InChI is InChI=1S/C17H27NO2/c1-17(13-19,18-15-5-3-2-4-6-15)12-11-14-7-9-16(20)10-8-14/h7-10,15,18-20H,2-6,11-13H2,1H3. The Bertz CT molecular complexity index is 398. The van der Waals surface area contributed by atoms with Gasteiger partial charge in [-0.25, -0.2) is 0 Å². The van der Waals surface area contributed by atoms with E-state index in [1.54, 1.807) is 12.1 Å². The highest BCUT2D eigenvalue weighted by molar-refractivity contribution is 5.26. The van der Waals surface area contributed by atoms with Crippen molar-refractivity contribution in [1.82, 2.24) is 5.32 Å². The van der Waals surface area contributed by atoms with Crippen LogP contribution in [0.15, 0.2) is 24.3 Å². The highest BCUT2D eigenvalue weighted by atomic mass is 16.3. The van der Waals surface area contributed by atoms with Crippen LogP contribution in [-0.2, 0) is 6.42 Å². The quantitative estimate of drug-likeness (QED) is 0.749. The van der Waals surface area contributed by atoms with Crippen molar-refractivity contribution in [3.63, 3.8) is 0 Å². The fourth-order valence-electron chi connectivity index (χ4n) is 3.02. The zero-order valence-corrected chi connectivity index (χ0v) is 12.4. The number of aliphatic hydroxyl groups excluding tert-OH is 1. The Labute approximate surface area is 122 Å². The molecule has 1 saturated carbocycles. The van der Waals surface area contributed by atoms with Gasteiger partial charge in [0.05, 0.1) is 6.61 Å². The number of aliphatic hydroxyl groups is 1. The molecular formula is C17H27NO2. The summed E-state index contributed by atoms with van der Waals surface area (Å²) in [5.41, 5.74) is 0.993. The van der Waals surface area contributed by atoms with E-state index in [1.807, 2.05) is 12.1 Å². The van der Waals surface area contributed by atoms with Gasteiger partial charge in [-0.15, -0.1) is 0 Å². The van der Waals surface area contributed by atoms with E-state index in [4.69, 9.17) is 0 Å². The van der Waals surface area contributed by atoms with Crippen molar-refractivity contribution < 1.29 is 10.2 Å². The van der Waals surface area contributed by atoms with Crippen LogP contribution < -0.4 is 5.32 Å². The molecule has 1 aromatic carbocycles. The molecule has 1 atom stereocenters. The second-order valence-electron chi connectivity index (χ2n) is 6.36. The fourth-order valence-corrected chi connectivity index (χ4v) is 3.02. The second kappa shape index (κ2) is 7.09. The summed E-state index contributed by atoms with van der Waals surface area (Å²) in [7, 11) is 0. The minimum absolute atomic E-state index is 0.168. The molecule has 3 heteroatoms. The molecule has 0 heterocycles. The topological polar surface area (TPSA) is 52.5 Å². The largest absolute Gasteiger partial charge is 0.508 e. The van der Waals surface area contributed by atoms with Crippen LogP contribution in [0.3, 0.4) is 0 Å². The molecule has 3 nitrogen and oxygen atoms in total. The van der Waals surface area contributed by atoms with Crippen LogP contribution in [0.4, 0.5) is 0 Å². The maximum Gasteiger partial charge on any atom is 0.115 e. The monoisotopic (exact) mass is 277 g/mol. The van der Waals surface area contributed by atoms with Gasteiger partial charge in [0.15, 0.2) is 0 Å². The van der Waals surface area contributed by atoms with E-state index in [9.17, 15) is 10.2 Å². The summed E-state index contributed by atoms with van der Waals surface area (Å²) >= 11 is 0. The van der Waals surface area contributed by atoms with Crippen molar-refractivity contribution in [2.24, 2.45) is 0 Å². The zero-order valence-electron chi connectivity index (χ0n) is 12.4. The van der Waals surface area contributed by atoms with Gasteiger partial charge in [0.25, 0.3) is 0 Å². The van der Waals surface area contributed by atoms with Crippen LogP contribution in [0.1, 0.15) is 51.0 Å². The van der Waals surface area contributed by atoms with Crippen LogP contribution >= 0.6 is 0 Å². The Hall–Kier alpha value is -1.06. The van der Waals surface area contributed by atoms with E-state index in [-0.39, 0.29) is 12.1 Å². The van der Waals surface area contributed by atoms with Gasteiger partial charge in [0, 0.05) is 11.6 Å². The Morgan fingerprint density at radius 1 is 1.15 bits per heavy atom. The summed E-state index contributed by atoms with van der Waals surface area (Å²) in [6.45, 7) is 2.28. The van der Waals surface area contributed by atoms with Crippen molar-refractivity contribution in [2.75, 3.05) is 6.61 Å². The van der Waals surface area contributed by atoms with Gasteiger partial charge in [-0.3, -0.25) is 0 Å². The lowest BCUT2D eigenvalue weighted by molar-refractivity contribution is 0.143. The molecule has 0 spiro atoms. The van der Waals surface area contributed by atoms with Crippen molar-refractivity contribution in [2.45, 2.75) is 63.5 Å². The summed E-state index contributed by atoms with van der Waals surface area (Å²) in [5.74, 6) is 0.305. The first kappa shape index (κ1) is 15.3. The van der Waals surface area contributed by atoms with E-state index in [0.717, 1.165) is 12.8 Å². The van der Waals surface area contributed by atoms with Crippen molar-refractivity contribution in [3.05, 3.63) is 29.8 Å². The highest BCUT2D eigenvalue weighted by Crippen LogP contribution is 2.22. The first-order valence-corrected chi connectivity index (χ1v) is 7.78. The van der Waals surface area contributed by atoms with Crippen molar-refractivity contribution in [1.29, 1.82) is 0 Å². The molecule has 3 N–H and O–H groups in total. The molecule has 0 bridgehead atoms. The smallest absolute Gasteiger partial charge is 0.115 e. The van der Waals surface area contributed by atoms with Crippen LogP contribution in [0.5, 0.6) is 5.75 Å². The molecule has 0 radical (unpaired) electrons. The molecule has 1 aromatic rings. The summed E-state index contributed by atoms with van der Waals surface area (Å²) in [6, 6.07) is 7.91. The molecule has 0 aromatic heterocycles. The number of benzene rings is 1. The number of hydrogen-bond acceptors (Lipinski definition) is 3. The Balaban J connectivity index is 1.87. The fraction of sp³-hybridized carbons (Fsp3) is 0.647. The number of aryl methyl sites for hydroxylation is 1. The van der Waals surface area contributed by atoms with Gasteiger partial charge >= 0.3 is 0 Å². The minimum Gasteiger partial charge on any atom is -0.508 e. The van der Waals surface area contributed by atoms with E-state index in [0.29, 0.717) is 11.8 Å². The first-order valence-electron chi connectivity index (χ1n) is 7.78. The van der Waals surface area contributed by atoms with Gasteiger partial charge in [0.1, 0.15) is 5.75 Å². The number of hydrogen-bond donors (Lipinski definition) is 3. The SMILES string of the molecule is CC(CO)(CCc1ccc(O)cc1)NC1CCCCC1. The predicted molar refractivity (Wildman–Crippen MR) is 81.9 cm³/mol. The van der Waals surface area contributed by atoms with E-state index >= 15 is 0 Å². The van der Waals surface area contributed by atoms with Crippen LogP contribution in [0.2, 0.25) is 0 Å². The number of aromatic hydroxyl groups is 1. The molecule has 1 fully saturated rings. The molecule has 2 rings (SSSR count). The Kier molecular flexibility index (Phi) is 5.44. The molecule has 1 aliphatic rings. The number of rotatable bonds is 6. The van der Waals surface area contributed by atoms with Crippen LogP contribution in [-0.4, -0.2) is 28.4 Å². The lowest BCUT2D eigenvalue weighted by atomic mass is 9.89. The number of phenolic OH excluding ortho intramolecular Hbond substituents is 1. The van der Waals surface area contributed by atoms with Crippen LogP contribution in [0.25, 0.3) is 0 Å². The van der Waals surface area contributed by atoms with Gasteiger partial charge in [-0.1, -0.05) is 31.4 Å². The lowest BCUT2D eigenvalue weighted by Gasteiger charge is -2.35. The summed E-state index contributed by atoms with van der Waals surface area (Å²) in [5, 5.41) is 22.7. The molecule has 112 valence electrons.